The van der Waals surface area contributed by atoms with Crippen molar-refractivity contribution in [1.29, 1.82) is 0 Å². The van der Waals surface area contributed by atoms with Crippen LogP contribution < -0.4 is 11.1 Å². The van der Waals surface area contributed by atoms with Gasteiger partial charge in [0.05, 0.1) is 17.5 Å². The van der Waals surface area contributed by atoms with Crippen molar-refractivity contribution in [2.75, 3.05) is 12.3 Å². The molecule has 16 heavy (non-hydrogen) atoms. The van der Waals surface area contributed by atoms with Crippen molar-refractivity contribution in [1.82, 2.24) is 20.5 Å². The Morgan fingerprint density at radius 3 is 3.12 bits per heavy atom. The second-order valence-electron chi connectivity index (χ2n) is 3.17. The molecule has 0 saturated carbocycles. The van der Waals surface area contributed by atoms with E-state index >= 15 is 0 Å². The minimum absolute atomic E-state index is 0.142. The lowest BCUT2D eigenvalue weighted by atomic mass is 10.3. The molecule has 2 aromatic rings. The first-order chi connectivity index (χ1) is 7.75. The molecule has 0 aromatic carbocycles. The molecule has 0 aliphatic heterocycles. The van der Waals surface area contributed by atoms with E-state index in [0.29, 0.717) is 23.7 Å². The predicted molar refractivity (Wildman–Crippen MR) is 61.2 cm³/mol. The third kappa shape index (κ3) is 2.57. The van der Waals surface area contributed by atoms with E-state index < -0.39 is 0 Å². The lowest BCUT2D eigenvalue weighted by molar-refractivity contribution is 0.0954. The highest BCUT2D eigenvalue weighted by atomic mass is 32.1. The van der Waals surface area contributed by atoms with Gasteiger partial charge in [0.1, 0.15) is 0 Å². The number of rotatable bonds is 4. The van der Waals surface area contributed by atoms with Crippen LogP contribution in [0.4, 0.5) is 5.13 Å². The fourth-order valence-electron chi connectivity index (χ4n) is 1.22. The summed E-state index contributed by atoms with van der Waals surface area (Å²) in [6.07, 6.45) is 3.71. The number of amides is 1. The highest BCUT2D eigenvalue weighted by molar-refractivity contribution is 7.13. The molecule has 0 saturated heterocycles. The highest BCUT2D eigenvalue weighted by Gasteiger charge is 2.05. The number of hydrogen-bond donors (Lipinski definition) is 3. The molecule has 2 rings (SSSR count). The maximum Gasteiger partial charge on any atom is 0.254 e. The number of nitrogens with zero attached hydrogens (tertiary/aromatic N) is 2. The molecule has 2 heterocycles. The summed E-state index contributed by atoms with van der Waals surface area (Å²) in [5, 5.41) is 11.5. The van der Waals surface area contributed by atoms with Gasteiger partial charge < -0.3 is 11.1 Å². The Labute approximate surface area is 95.9 Å². The minimum atomic E-state index is -0.142. The molecule has 2 aromatic heterocycles. The van der Waals surface area contributed by atoms with Crippen LogP contribution in [0.5, 0.6) is 0 Å². The minimum Gasteiger partial charge on any atom is -0.375 e. The van der Waals surface area contributed by atoms with Crippen molar-refractivity contribution in [2.45, 2.75) is 6.42 Å². The van der Waals surface area contributed by atoms with Gasteiger partial charge in [-0.15, -0.1) is 11.3 Å². The first-order valence-corrected chi connectivity index (χ1v) is 5.60. The van der Waals surface area contributed by atoms with Crippen molar-refractivity contribution in [3.05, 3.63) is 29.0 Å². The Bertz CT molecular complexity index is 464. The molecular weight excluding hydrogens is 226 g/mol. The van der Waals surface area contributed by atoms with Gasteiger partial charge in [0.15, 0.2) is 5.13 Å². The largest absolute Gasteiger partial charge is 0.375 e. The van der Waals surface area contributed by atoms with Crippen LogP contribution in [0.2, 0.25) is 0 Å². The van der Waals surface area contributed by atoms with Gasteiger partial charge in [0.2, 0.25) is 0 Å². The number of anilines is 1. The van der Waals surface area contributed by atoms with E-state index in [1.165, 1.54) is 17.5 Å². The van der Waals surface area contributed by atoms with Crippen LogP contribution in [0.3, 0.4) is 0 Å². The molecule has 84 valence electrons. The van der Waals surface area contributed by atoms with Crippen LogP contribution >= 0.6 is 11.3 Å². The maximum absolute atomic E-state index is 11.5. The molecule has 0 spiro atoms. The van der Waals surface area contributed by atoms with E-state index in [1.807, 2.05) is 5.38 Å². The Morgan fingerprint density at radius 1 is 1.62 bits per heavy atom. The first kappa shape index (κ1) is 10.6. The average molecular weight is 237 g/mol. The van der Waals surface area contributed by atoms with Crippen molar-refractivity contribution in [2.24, 2.45) is 0 Å². The Morgan fingerprint density at radius 2 is 2.50 bits per heavy atom. The molecule has 0 atom stereocenters. The number of aromatic amines is 1. The number of nitrogens with one attached hydrogen (secondary N) is 2. The Kier molecular flexibility index (Phi) is 3.16. The smallest absolute Gasteiger partial charge is 0.254 e. The molecule has 0 aliphatic rings. The van der Waals surface area contributed by atoms with E-state index in [9.17, 15) is 4.79 Å². The van der Waals surface area contributed by atoms with Gasteiger partial charge in [-0.05, 0) is 0 Å². The lowest BCUT2D eigenvalue weighted by Crippen LogP contribution is -2.25. The summed E-state index contributed by atoms with van der Waals surface area (Å²) in [5.74, 6) is -0.142. The number of nitrogens with two attached hydrogens (primary N) is 1. The van der Waals surface area contributed by atoms with E-state index in [-0.39, 0.29) is 5.91 Å². The van der Waals surface area contributed by atoms with Crippen molar-refractivity contribution in [3.8, 4) is 0 Å². The number of thiazole rings is 1. The van der Waals surface area contributed by atoms with E-state index in [0.717, 1.165) is 5.69 Å². The van der Waals surface area contributed by atoms with Gasteiger partial charge in [-0.1, -0.05) is 0 Å². The van der Waals surface area contributed by atoms with Crippen LogP contribution in [0, 0.1) is 0 Å². The first-order valence-electron chi connectivity index (χ1n) is 4.72. The Balaban J connectivity index is 1.78. The highest BCUT2D eigenvalue weighted by Crippen LogP contribution is 2.10. The van der Waals surface area contributed by atoms with E-state index in [2.05, 4.69) is 20.5 Å². The zero-order valence-corrected chi connectivity index (χ0v) is 9.25. The zero-order chi connectivity index (χ0) is 11.4. The number of carbonyl (C=O) groups excluding carboxylic acids is 1. The summed E-state index contributed by atoms with van der Waals surface area (Å²) in [6, 6.07) is 0. The fraction of sp³-hybridized carbons (Fsp3) is 0.222. The fourth-order valence-corrected chi connectivity index (χ4v) is 1.82. The lowest BCUT2D eigenvalue weighted by Gasteiger charge is -2.00. The van der Waals surface area contributed by atoms with Crippen LogP contribution in [-0.4, -0.2) is 27.6 Å². The van der Waals surface area contributed by atoms with Gasteiger partial charge in [0, 0.05) is 24.5 Å². The van der Waals surface area contributed by atoms with Crippen LogP contribution in [-0.2, 0) is 6.42 Å². The topological polar surface area (TPSA) is 96.7 Å². The Hall–Kier alpha value is -1.89. The quantitative estimate of drug-likeness (QED) is 0.718. The maximum atomic E-state index is 11.5. The van der Waals surface area contributed by atoms with Crippen molar-refractivity contribution in [3.63, 3.8) is 0 Å². The van der Waals surface area contributed by atoms with Crippen molar-refractivity contribution >= 4 is 22.4 Å². The number of nitrogen functional groups attached to an aromatic ring is 1. The standard InChI is InChI=1S/C9H11N5OS/c10-9-14-7(5-16-9)1-2-11-8(15)6-3-12-13-4-6/h3-5H,1-2H2,(H2,10,14)(H,11,15)(H,12,13). The second kappa shape index (κ2) is 4.75. The van der Waals surface area contributed by atoms with Crippen LogP contribution in [0.25, 0.3) is 0 Å². The molecule has 0 aliphatic carbocycles. The molecule has 0 unspecified atom stereocenters. The van der Waals surface area contributed by atoms with E-state index in [1.54, 1.807) is 6.20 Å². The predicted octanol–water partition coefficient (Wildman–Crippen LogP) is 0.421. The summed E-state index contributed by atoms with van der Waals surface area (Å²) < 4.78 is 0. The molecule has 6 nitrogen and oxygen atoms in total. The molecule has 1 amide bonds. The summed E-state index contributed by atoms with van der Waals surface area (Å²) in [4.78, 5) is 15.6. The van der Waals surface area contributed by atoms with Gasteiger partial charge in [-0.25, -0.2) is 4.98 Å². The molecule has 0 bridgehead atoms. The third-order valence-electron chi connectivity index (χ3n) is 2.00. The SMILES string of the molecule is Nc1nc(CCNC(=O)c2cn[nH]c2)cs1. The van der Waals surface area contributed by atoms with Crippen molar-refractivity contribution < 1.29 is 4.79 Å². The van der Waals surface area contributed by atoms with Crippen LogP contribution in [0.15, 0.2) is 17.8 Å². The molecule has 0 fully saturated rings. The number of aromatic nitrogens is 3. The summed E-state index contributed by atoms with van der Waals surface area (Å²) in [7, 11) is 0. The summed E-state index contributed by atoms with van der Waals surface area (Å²) >= 11 is 1.40. The zero-order valence-electron chi connectivity index (χ0n) is 8.43. The van der Waals surface area contributed by atoms with Gasteiger partial charge >= 0.3 is 0 Å². The van der Waals surface area contributed by atoms with E-state index in [4.69, 9.17) is 5.73 Å². The third-order valence-corrected chi connectivity index (χ3v) is 2.72. The molecule has 0 radical (unpaired) electrons. The average Bonchev–Trinajstić information content (AvgIpc) is 2.89. The normalized spacial score (nSPS) is 10.2. The second-order valence-corrected chi connectivity index (χ2v) is 4.06. The molecular formula is C9H11N5OS. The number of H-pyrrole nitrogens is 1. The molecule has 4 N–H and O–H groups in total. The van der Waals surface area contributed by atoms with Gasteiger partial charge in [-0.2, -0.15) is 5.10 Å². The summed E-state index contributed by atoms with van der Waals surface area (Å²) in [6.45, 7) is 0.535. The monoisotopic (exact) mass is 237 g/mol. The number of carbonyl (C=O) groups is 1. The van der Waals surface area contributed by atoms with Crippen LogP contribution in [0.1, 0.15) is 16.1 Å². The van der Waals surface area contributed by atoms with Gasteiger partial charge in [-0.3, -0.25) is 9.89 Å². The summed E-state index contributed by atoms with van der Waals surface area (Å²) in [5.41, 5.74) is 6.92. The molecule has 7 heteroatoms. The van der Waals surface area contributed by atoms with Gasteiger partial charge in [0.25, 0.3) is 5.91 Å². The number of hydrogen-bond acceptors (Lipinski definition) is 5.